The lowest BCUT2D eigenvalue weighted by atomic mass is 9.88. The van der Waals surface area contributed by atoms with Crippen molar-refractivity contribution < 1.29 is 0 Å². The summed E-state index contributed by atoms with van der Waals surface area (Å²) in [6.45, 7) is 11.7. The molecule has 0 aromatic carbocycles. The molecule has 3 nitrogen and oxygen atoms in total. The summed E-state index contributed by atoms with van der Waals surface area (Å²) in [7, 11) is 0. The van der Waals surface area contributed by atoms with Crippen LogP contribution in [-0.2, 0) is 0 Å². The van der Waals surface area contributed by atoms with Gasteiger partial charge in [0, 0.05) is 5.41 Å². The lowest BCUT2D eigenvalue weighted by molar-refractivity contribution is 0.256. The van der Waals surface area contributed by atoms with Gasteiger partial charge in [-0.2, -0.15) is 0 Å². The van der Waals surface area contributed by atoms with Gasteiger partial charge in [0.2, 0.25) is 0 Å². The maximum absolute atomic E-state index is 7.46. The molecule has 0 bridgehead atoms. The molecule has 0 aliphatic carbocycles. The zero-order valence-corrected chi connectivity index (χ0v) is 10.1. The van der Waals surface area contributed by atoms with Gasteiger partial charge in [-0.1, -0.05) is 27.7 Å². The van der Waals surface area contributed by atoms with Crippen molar-refractivity contribution >= 4 is 5.84 Å². The Balaban J connectivity index is 3.95. The minimum atomic E-state index is -0.152. The van der Waals surface area contributed by atoms with Gasteiger partial charge in [-0.25, -0.2) is 0 Å². The van der Waals surface area contributed by atoms with Crippen LogP contribution in [0.3, 0.4) is 0 Å². The van der Waals surface area contributed by atoms with Gasteiger partial charge in [-0.3, -0.25) is 5.41 Å². The fraction of sp³-hybridized carbons (Fsp3) is 0.909. The van der Waals surface area contributed by atoms with E-state index < -0.39 is 0 Å². The van der Waals surface area contributed by atoms with Crippen LogP contribution in [0.5, 0.6) is 0 Å². The molecular weight excluding hydrogens is 174 g/mol. The van der Waals surface area contributed by atoms with E-state index in [2.05, 4.69) is 18.7 Å². The van der Waals surface area contributed by atoms with Gasteiger partial charge in [0.25, 0.3) is 0 Å². The minimum Gasteiger partial charge on any atom is -0.387 e. The third-order valence-corrected chi connectivity index (χ3v) is 2.77. The van der Waals surface area contributed by atoms with Crippen LogP contribution < -0.4 is 5.73 Å². The maximum atomic E-state index is 7.46. The minimum absolute atomic E-state index is 0.152. The second kappa shape index (κ2) is 6.02. The largest absolute Gasteiger partial charge is 0.387 e. The summed E-state index contributed by atoms with van der Waals surface area (Å²) in [5, 5.41) is 7.46. The van der Waals surface area contributed by atoms with E-state index in [9.17, 15) is 0 Å². The molecule has 0 aromatic rings. The second-order valence-electron chi connectivity index (χ2n) is 4.48. The molecule has 0 heterocycles. The Bertz CT molecular complexity index is 175. The molecule has 0 radical (unpaired) electrons. The van der Waals surface area contributed by atoms with Gasteiger partial charge >= 0.3 is 0 Å². The average molecular weight is 199 g/mol. The van der Waals surface area contributed by atoms with E-state index in [1.165, 1.54) is 6.42 Å². The SMILES string of the molecule is CCCN(CC)CCC(C)(C)C(=N)N. The monoisotopic (exact) mass is 199 g/mol. The van der Waals surface area contributed by atoms with Crippen LogP contribution in [0.1, 0.15) is 40.5 Å². The number of hydrogen-bond donors (Lipinski definition) is 2. The first kappa shape index (κ1) is 13.4. The first-order valence-corrected chi connectivity index (χ1v) is 5.51. The highest BCUT2D eigenvalue weighted by atomic mass is 15.1. The highest BCUT2D eigenvalue weighted by molar-refractivity contribution is 5.82. The molecule has 0 spiro atoms. The molecule has 14 heavy (non-hydrogen) atoms. The Labute approximate surface area is 88.2 Å². The van der Waals surface area contributed by atoms with Crippen molar-refractivity contribution in [3.05, 3.63) is 0 Å². The van der Waals surface area contributed by atoms with Crippen molar-refractivity contribution in [3.63, 3.8) is 0 Å². The number of nitrogens with zero attached hydrogens (tertiary/aromatic N) is 1. The summed E-state index contributed by atoms with van der Waals surface area (Å²) in [5.41, 5.74) is 5.39. The molecule has 0 fully saturated rings. The Kier molecular flexibility index (Phi) is 5.77. The summed E-state index contributed by atoms with van der Waals surface area (Å²) in [6, 6.07) is 0. The van der Waals surface area contributed by atoms with Crippen LogP contribution in [0.4, 0.5) is 0 Å². The molecule has 3 heteroatoms. The smallest absolute Gasteiger partial charge is 0.0963 e. The van der Waals surface area contributed by atoms with Crippen LogP contribution in [0.15, 0.2) is 0 Å². The van der Waals surface area contributed by atoms with Crippen LogP contribution >= 0.6 is 0 Å². The first-order valence-electron chi connectivity index (χ1n) is 5.51. The lowest BCUT2D eigenvalue weighted by Gasteiger charge is -2.27. The summed E-state index contributed by atoms with van der Waals surface area (Å²) in [4.78, 5) is 2.41. The van der Waals surface area contributed by atoms with E-state index in [1.807, 2.05) is 13.8 Å². The van der Waals surface area contributed by atoms with Crippen LogP contribution in [0.2, 0.25) is 0 Å². The third kappa shape index (κ3) is 4.61. The van der Waals surface area contributed by atoms with E-state index in [4.69, 9.17) is 11.1 Å². The van der Waals surface area contributed by atoms with E-state index in [1.54, 1.807) is 0 Å². The summed E-state index contributed by atoms with van der Waals surface area (Å²) >= 11 is 0. The average Bonchev–Trinajstić information content (AvgIpc) is 2.12. The number of nitrogens with one attached hydrogen (secondary N) is 1. The van der Waals surface area contributed by atoms with E-state index >= 15 is 0 Å². The molecule has 0 aliphatic rings. The predicted octanol–water partition coefficient (Wildman–Crippen LogP) is 2.07. The fourth-order valence-electron chi connectivity index (χ4n) is 1.32. The molecule has 84 valence electrons. The summed E-state index contributed by atoms with van der Waals surface area (Å²) in [5.74, 6) is 0.296. The van der Waals surface area contributed by atoms with E-state index in [-0.39, 0.29) is 5.41 Å². The van der Waals surface area contributed by atoms with Gasteiger partial charge in [-0.05, 0) is 32.5 Å². The van der Waals surface area contributed by atoms with Crippen molar-refractivity contribution in [1.82, 2.24) is 4.90 Å². The number of nitrogens with two attached hydrogens (primary N) is 1. The van der Waals surface area contributed by atoms with Gasteiger partial charge in [-0.15, -0.1) is 0 Å². The molecule has 0 atom stereocenters. The zero-order chi connectivity index (χ0) is 11.2. The molecule has 0 aliphatic heterocycles. The van der Waals surface area contributed by atoms with E-state index in [0.717, 1.165) is 26.1 Å². The van der Waals surface area contributed by atoms with Crippen molar-refractivity contribution in [1.29, 1.82) is 5.41 Å². The summed E-state index contributed by atoms with van der Waals surface area (Å²) < 4.78 is 0. The second-order valence-corrected chi connectivity index (χ2v) is 4.48. The van der Waals surface area contributed by atoms with Gasteiger partial charge in [0.15, 0.2) is 0 Å². The molecule has 0 aromatic heterocycles. The molecule has 0 amide bonds. The molecule has 0 saturated heterocycles. The highest BCUT2D eigenvalue weighted by Crippen LogP contribution is 2.19. The Morgan fingerprint density at radius 2 is 1.86 bits per heavy atom. The summed E-state index contributed by atoms with van der Waals surface area (Å²) in [6.07, 6.45) is 2.16. The molecule has 0 saturated carbocycles. The molecule has 0 rings (SSSR count). The maximum Gasteiger partial charge on any atom is 0.0963 e. The Morgan fingerprint density at radius 1 is 1.29 bits per heavy atom. The molecule has 3 N–H and O–H groups in total. The number of amidine groups is 1. The van der Waals surface area contributed by atoms with Crippen molar-refractivity contribution in [2.75, 3.05) is 19.6 Å². The topological polar surface area (TPSA) is 53.1 Å². The Morgan fingerprint density at radius 3 is 2.21 bits per heavy atom. The molecule has 0 unspecified atom stereocenters. The first-order chi connectivity index (χ1) is 6.44. The lowest BCUT2D eigenvalue weighted by Crippen LogP contribution is -2.35. The standard InChI is InChI=1S/C11H25N3/c1-5-8-14(6-2)9-7-11(3,4)10(12)13/h5-9H2,1-4H3,(H3,12,13). The molecular formula is C11H25N3. The highest BCUT2D eigenvalue weighted by Gasteiger charge is 2.21. The number of hydrogen-bond acceptors (Lipinski definition) is 2. The van der Waals surface area contributed by atoms with Crippen LogP contribution in [0.25, 0.3) is 0 Å². The van der Waals surface area contributed by atoms with Crippen LogP contribution in [0, 0.1) is 10.8 Å². The van der Waals surface area contributed by atoms with Crippen LogP contribution in [-0.4, -0.2) is 30.4 Å². The van der Waals surface area contributed by atoms with Crippen molar-refractivity contribution in [3.8, 4) is 0 Å². The van der Waals surface area contributed by atoms with Crippen molar-refractivity contribution in [2.45, 2.75) is 40.5 Å². The zero-order valence-electron chi connectivity index (χ0n) is 10.1. The van der Waals surface area contributed by atoms with E-state index in [0.29, 0.717) is 5.84 Å². The van der Waals surface area contributed by atoms with Crippen molar-refractivity contribution in [2.24, 2.45) is 11.1 Å². The number of rotatable bonds is 7. The fourth-order valence-corrected chi connectivity index (χ4v) is 1.32. The quantitative estimate of drug-likeness (QED) is 0.487. The Hall–Kier alpha value is -0.570. The predicted molar refractivity (Wildman–Crippen MR) is 62.7 cm³/mol. The normalized spacial score (nSPS) is 12.1. The van der Waals surface area contributed by atoms with Gasteiger partial charge in [0.1, 0.15) is 0 Å². The van der Waals surface area contributed by atoms with Gasteiger partial charge < -0.3 is 10.6 Å². The third-order valence-electron chi connectivity index (χ3n) is 2.77. The van der Waals surface area contributed by atoms with Gasteiger partial charge in [0.05, 0.1) is 5.84 Å².